The van der Waals surface area contributed by atoms with Gasteiger partial charge in [0.1, 0.15) is 5.76 Å². The third-order valence-electron chi connectivity index (χ3n) is 2.70. The Hall–Kier alpha value is -1.13. The SMILES string of the molecule is CCOc1ccc(C(Br)c2ccc(Cl)o2)cc1OCC. The van der Waals surface area contributed by atoms with E-state index in [4.69, 9.17) is 25.5 Å². The summed E-state index contributed by atoms with van der Waals surface area (Å²) in [7, 11) is 0. The zero-order valence-electron chi connectivity index (χ0n) is 11.4. The van der Waals surface area contributed by atoms with Crippen molar-refractivity contribution in [2.75, 3.05) is 13.2 Å². The number of rotatable bonds is 6. The summed E-state index contributed by atoms with van der Waals surface area (Å²) in [5.74, 6) is 2.23. The van der Waals surface area contributed by atoms with Gasteiger partial charge in [0.25, 0.3) is 0 Å². The van der Waals surface area contributed by atoms with E-state index in [2.05, 4.69) is 15.9 Å². The van der Waals surface area contributed by atoms with Gasteiger partial charge in [-0.2, -0.15) is 0 Å². The first-order valence-electron chi connectivity index (χ1n) is 6.44. The van der Waals surface area contributed by atoms with Crippen molar-refractivity contribution in [1.82, 2.24) is 0 Å². The molecule has 0 spiro atoms. The average Bonchev–Trinajstić information content (AvgIpc) is 2.87. The monoisotopic (exact) mass is 358 g/mol. The van der Waals surface area contributed by atoms with Crippen LogP contribution in [0.1, 0.15) is 30.0 Å². The zero-order valence-corrected chi connectivity index (χ0v) is 13.7. The summed E-state index contributed by atoms with van der Waals surface area (Å²) in [5.41, 5.74) is 1.02. The highest BCUT2D eigenvalue weighted by molar-refractivity contribution is 9.09. The van der Waals surface area contributed by atoms with Crippen LogP contribution in [0.25, 0.3) is 0 Å². The molecule has 0 saturated carbocycles. The smallest absolute Gasteiger partial charge is 0.193 e. The molecule has 1 aromatic carbocycles. The molecule has 0 saturated heterocycles. The molecule has 5 heteroatoms. The maximum atomic E-state index is 5.81. The van der Waals surface area contributed by atoms with Crippen molar-refractivity contribution < 1.29 is 13.9 Å². The van der Waals surface area contributed by atoms with E-state index in [9.17, 15) is 0 Å². The number of benzene rings is 1. The first-order valence-corrected chi connectivity index (χ1v) is 7.73. The van der Waals surface area contributed by atoms with Crippen LogP contribution in [0.2, 0.25) is 5.22 Å². The molecular weight excluding hydrogens is 344 g/mol. The Balaban J connectivity index is 2.29. The van der Waals surface area contributed by atoms with Crippen LogP contribution in [0.4, 0.5) is 0 Å². The highest BCUT2D eigenvalue weighted by Crippen LogP contribution is 2.37. The van der Waals surface area contributed by atoms with Crippen LogP contribution >= 0.6 is 27.5 Å². The van der Waals surface area contributed by atoms with Gasteiger partial charge in [0.2, 0.25) is 0 Å². The standard InChI is InChI=1S/C15H16BrClO3/c1-3-18-11-6-5-10(9-13(11)19-4-2)15(16)12-7-8-14(17)20-12/h5-9,15H,3-4H2,1-2H3. The van der Waals surface area contributed by atoms with Crippen molar-refractivity contribution in [2.24, 2.45) is 0 Å². The van der Waals surface area contributed by atoms with E-state index in [1.165, 1.54) is 0 Å². The van der Waals surface area contributed by atoms with Gasteiger partial charge < -0.3 is 13.9 Å². The van der Waals surface area contributed by atoms with Crippen LogP contribution in [-0.2, 0) is 0 Å². The molecule has 0 radical (unpaired) electrons. The van der Waals surface area contributed by atoms with Gasteiger partial charge in [-0.15, -0.1) is 0 Å². The molecule has 0 N–H and O–H groups in total. The maximum Gasteiger partial charge on any atom is 0.193 e. The minimum atomic E-state index is -0.0788. The maximum absolute atomic E-state index is 5.81. The number of furan rings is 1. The molecule has 1 unspecified atom stereocenters. The Bertz CT molecular complexity index is 568. The fourth-order valence-electron chi connectivity index (χ4n) is 1.85. The van der Waals surface area contributed by atoms with Crippen LogP contribution in [0.15, 0.2) is 34.7 Å². The molecule has 0 fully saturated rings. The lowest BCUT2D eigenvalue weighted by molar-refractivity contribution is 0.287. The molecule has 20 heavy (non-hydrogen) atoms. The van der Waals surface area contributed by atoms with E-state index in [1.54, 1.807) is 6.07 Å². The minimum absolute atomic E-state index is 0.0788. The Morgan fingerprint density at radius 2 is 1.80 bits per heavy atom. The van der Waals surface area contributed by atoms with Gasteiger partial charge in [-0.25, -0.2) is 0 Å². The molecule has 0 aliphatic carbocycles. The van der Waals surface area contributed by atoms with E-state index in [0.717, 1.165) is 22.8 Å². The molecular formula is C15H16BrClO3. The lowest BCUT2D eigenvalue weighted by Crippen LogP contribution is -2.00. The van der Waals surface area contributed by atoms with E-state index >= 15 is 0 Å². The van der Waals surface area contributed by atoms with Crippen molar-refractivity contribution in [3.05, 3.63) is 46.9 Å². The molecule has 108 valence electrons. The first-order chi connectivity index (χ1) is 9.65. The number of ether oxygens (including phenoxy) is 2. The highest BCUT2D eigenvalue weighted by Gasteiger charge is 2.17. The van der Waals surface area contributed by atoms with Gasteiger partial charge in [-0.3, -0.25) is 0 Å². The molecule has 0 bridgehead atoms. The van der Waals surface area contributed by atoms with Crippen LogP contribution < -0.4 is 9.47 Å². The summed E-state index contributed by atoms with van der Waals surface area (Å²) in [4.78, 5) is -0.0788. The van der Waals surface area contributed by atoms with Gasteiger partial charge in [0.15, 0.2) is 16.7 Å². The van der Waals surface area contributed by atoms with Crippen molar-refractivity contribution in [3.63, 3.8) is 0 Å². The average molecular weight is 360 g/mol. The largest absolute Gasteiger partial charge is 0.490 e. The fourth-order valence-corrected chi connectivity index (χ4v) is 2.54. The van der Waals surface area contributed by atoms with Crippen molar-refractivity contribution in [2.45, 2.75) is 18.7 Å². The summed E-state index contributed by atoms with van der Waals surface area (Å²) in [6.07, 6.45) is 0. The topological polar surface area (TPSA) is 31.6 Å². The van der Waals surface area contributed by atoms with Crippen LogP contribution in [0, 0.1) is 0 Å². The molecule has 0 aliphatic heterocycles. The van der Waals surface area contributed by atoms with Crippen molar-refractivity contribution in [3.8, 4) is 11.5 Å². The van der Waals surface area contributed by atoms with Gasteiger partial charge in [0.05, 0.1) is 18.0 Å². The predicted octanol–water partition coefficient (Wildman–Crippen LogP) is 5.21. The summed E-state index contributed by atoms with van der Waals surface area (Å²) in [6.45, 7) is 5.08. The third kappa shape index (κ3) is 3.49. The second kappa shape index (κ2) is 7.04. The summed E-state index contributed by atoms with van der Waals surface area (Å²) in [6, 6.07) is 9.40. The summed E-state index contributed by atoms with van der Waals surface area (Å²) < 4.78 is 16.6. The quantitative estimate of drug-likeness (QED) is 0.663. The lowest BCUT2D eigenvalue weighted by Gasteiger charge is -2.14. The lowest BCUT2D eigenvalue weighted by atomic mass is 10.1. The first kappa shape index (κ1) is 15.3. The van der Waals surface area contributed by atoms with Crippen molar-refractivity contribution in [1.29, 1.82) is 0 Å². The normalized spacial score (nSPS) is 12.2. The molecule has 2 aromatic rings. The molecule has 1 aromatic heterocycles. The van der Waals surface area contributed by atoms with E-state index in [1.807, 2.05) is 38.1 Å². The number of hydrogen-bond acceptors (Lipinski definition) is 3. The molecule has 0 aliphatic rings. The number of alkyl halides is 1. The second-order valence-corrected chi connectivity index (χ2v) is 5.36. The van der Waals surface area contributed by atoms with Crippen molar-refractivity contribution >= 4 is 27.5 Å². The van der Waals surface area contributed by atoms with E-state index in [-0.39, 0.29) is 4.83 Å². The van der Waals surface area contributed by atoms with Gasteiger partial charge in [-0.1, -0.05) is 22.0 Å². The highest BCUT2D eigenvalue weighted by atomic mass is 79.9. The van der Waals surface area contributed by atoms with Crippen LogP contribution in [0.5, 0.6) is 11.5 Å². The number of hydrogen-bond donors (Lipinski definition) is 0. The Morgan fingerprint density at radius 3 is 2.40 bits per heavy atom. The van der Waals surface area contributed by atoms with Gasteiger partial charge in [-0.05, 0) is 55.3 Å². The molecule has 1 atom stereocenters. The molecule has 3 nitrogen and oxygen atoms in total. The van der Waals surface area contributed by atoms with Crippen LogP contribution in [-0.4, -0.2) is 13.2 Å². The Kier molecular flexibility index (Phi) is 5.38. The third-order valence-corrected chi connectivity index (χ3v) is 3.89. The van der Waals surface area contributed by atoms with Gasteiger partial charge >= 0.3 is 0 Å². The number of halogens is 2. The fraction of sp³-hybridized carbons (Fsp3) is 0.333. The molecule has 0 amide bonds. The minimum Gasteiger partial charge on any atom is -0.490 e. The van der Waals surface area contributed by atoms with E-state index < -0.39 is 0 Å². The van der Waals surface area contributed by atoms with Crippen LogP contribution in [0.3, 0.4) is 0 Å². The Labute approximate surface area is 132 Å². The summed E-state index contributed by atoms with van der Waals surface area (Å²) in [5, 5.41) is 0.375. The predicted molar refractivity (Wildman–Crippen MR) is 83.3 cm³/mol. The Morgan fingerprint density at radius 1 is 1.10 bits per heavy atom. The molecule has 1 heterocycles. The van der Waals surface area contributed by atoms with E-state index in [0.29, 0.717) is 18.4 Å². The van der Waals surface area contributed by atoms with Gasteiger partial charge in [0, 0.05) is 0 Å². The molecule has 2 rings (SSSR count). The summed E-state index contributed by atoms with van der Waals surface area (Å²) >= 11 is 9.41. The zero-order chi connectivity index (χ0) is 14.5. The second-order valence-electron chi connectivity index (χ2n) is 4.08.